The summed E-state index contributed by atoms with van der Waals surface area (Å²) in [6, 6.07) is 7.75. The molecule has 3 heterocycles. The van der Waals surface area contributed by atoms with Crippen molar-refractivity contribution in [3.63, 3.8) is 0 Å². The largest absolute Gasteiger partial charge is 0.305 e. The second kappa shape index (κ2) is 5.35. The molecule has 1 aromatic carbocycles. The lowest BCUT2D eigenvalue weighted by atomic mass is 10.2. The van der Waals surface area contributed by atoms with E-state index in [4.69, 9.17) is 11.6 Å². The van der Waals surface area contributed by atoms with Crippen LogP contribution in [0.15, 0.2) is 30.5 Å². The second-order valence-corrected chi connectivity index (χ2v) is 6.78. The lowest BCUT2D eigenvalue weighted by Gasteiger charge is -2.34. The van der Waals surface area contributed by atoms with Crippen LogP contribution in [0.4, 0.5) is 5.69 Å². The van der Waals surface area contributed by atoms with Crippen LogP contribution >= 0.6 is 11.6 Å². The fourth-order valence-electron chi connectivity index (χ4n) is 3.72. The maximum atomic E-state index is 12.8. The van der Waals surface area contributed by atoms with Gasteiger partial charge in [0.1, 0.15) is 0 Å². The average Bonchev–Trinajstić information content (AvgIpc) is 3.17. The van der Waals surface area contributed by atoms with Crippen molar-refractivity contribution in [2.24, 2.45) is 7.05 Å². The minimum atomic E-state index is -0.0455. The van der Waals surface area contributed by atoms with Crippen LogP contribution in [0.5, 0.6) is 0 Å². The van der Waals surface area contributed by atoms with E-state index in [1.54, 1.807) is 0 Å². The molecule has 0 unspecified atom stereocenters. The van der Waals surface area contributed by atoms with E-state index >= 15 is 0 Å². The molecular weight excluding hydrogens is 312 g/mol. The SMILES string of the molecule is Cc1c(CN2C[C@@H]3C[C@H]2C(=O)N3c2ccccc2Cl)cnn1C. The third kappa shape index (κ3) is 2.26. The van der Waals surface area contributed by atoms with E-state index in [1.165, 1.54) is 5.56 Å². The van der Waals surface area contributed by atoms with Gasteiger partial charge in [-0.25, -0.2) is 0 Å². The van der Waals surface area contributed by atoms with Gasteiger partial charge in [0.05, 0.1) is 29.0 Å². The monoisotopic (exact) mass is 330 g/mol. The van der Waals surface area contributed by atoms with Gasteiger partial charge in [-0.15, -0.1) is 0 Å². The first kappa shape index (κ1) is 14.7. The van der Waals surface area contributed by atoms with E-state index in [9.17, 15) is 4.79 Å². The lowest BCUT2D eigenvalue weighted by molar-refractivity contribution is -0.122. The quantitative estimate of drug-likeness (QED) is 0.867. The summed E-state index contributed by atoms with van der Waals surface area (Å²) in [6.07, 6.45) is 2.78. The Kier molecular flexibility index (Phi) is 3.43. The lowest BCUT2D eigenvalue weighted by Crippen LogP contribution is -2.50. The first-order valence-corrected chi connectivity index (χ1v) is 8.23. The first-order chi connectivity index (χ1) is 11.1. The number of piperazine rings is 1. The summed E-state index contributed by atoms with van der Waals surface area (Å²) < 4.78 is 1.88. The van der Waals surface area contributed by atoms with Gasteiger partial charge < -0.3 is 4.90 Å². The number of halogens is 1. The molecule has 2 atom stereocenters. The van der Waals surface area contributed by atoms with Crippen LogP contribution in [0.2, 0.25) is 5.02 Å². The van der Waals surface area contributed by atoms with Gasteiger partial charge in [-0.05, 0) is 25.5 Å². The minimum Gasteiger partial charge on any atom is -0.305 e. The Morgan fingerprint density at radius 2 is 2.13 bits per heavy atom. The van der Waals surface area contributed by atoms with Crippen LogP contribution in [0.3, 0.4) is 0 Å². The van der Waals surface area contributed by atoms with Gasteiger partial charge in [0.15, 0.2) is 0 Å². The van der Waals surface area contributed by atoms with Crippen LogP contribution in [0, 0.1) is 6.92 Å². The molecule has 2 bridgehead atoms. The Bertz CT molecular complexity index is 772. The van der Waals surface area contributed by atoms with Crippen molar-refractivity contribution in [3.05, 3.63) is 46.7 Å². The molecule has 6 heteroatoms. The molecule has 23 heavy (non-hydrogen) atoms. The maximum absolute atomic E-state index is 12.8. The molecule has 0 spiro atoms. The van der Waals surface area contributed by atoms with Crippen molar-refractivity contribution in [2.45, 2.75) is 32.0 Å². The normalized spacial score (nSPS) is 24.0. The standard InChI is InChI=1S/C17H19ClN4O/c1-11-12(8-19-20(11)2)9-21-10-13-7-16(21)17(23)22(13)15-6-4-3-5-14(15)18/h3-6,8,13,16H,7,9-10H2,1-2H3/t13-,16-/m0/s1. The van der Waals surface area contributed by atoms with E-state index in [0.29, 0.717) is 5.02 Å². The zero-order valence-electron chi connectivity index (χ0n) is 13.2. The van der Waals surface area contributed by atoms with Gasteiger partial charge >= 0.3 is 0 Å². The van der Waals surface area contributed by atoms with Crippen molar-refractivity contribution in [2.75, 3.05) is 11.4 Å². The van der Waals surface area contributed by atoms with E-state index in [0.717, 1.165) is 30.9 Å². The molecule has 2 fully saturated rings. The summed E-state index contributed by atoms with van der Waals surface area (Å²) in [5.41, 5.74) is 3.18. The van der Waals surface area contributed by atoms with E-state index in [-0.39, 0.29) is 18.0 Å². The molecule has 0 N–H and O–H groups in total. The molecule has 2 aliphatic rings. The van der Waals surface area contributed by atoms with Crippen LogP contribution in [0.1, 0.15) is 17.7 Å². The summed E-state index contributed by atoms with van der Waals surface area (Å²) in [5.74, 6) is 0.163. The third-order valence-corrected chi connectivity index (χ3v) is 5.41. The van der Waals surface area contributed by atoms with Crippen molar-refractivity contribution in [3.8, 4) is 0 Å². The highest BCUT2D eigenvalue weighted by molar-refractivity contribution is 6.34. The van der Waals surface area contributed by atoms with Crippen LogP contribution in [0.25, 0.3) is 0 Å². The zero-order valence-corrected chi connectivity index (χ0v) is 14.0. The number of carbonyl (C=O) groups is 1. The summed E-state index contributed by atoms with van der Waals surface area (Å²) >= 11 is 6.28. The maximum Gasteiger partial charge on any atom is 0.244 e. The van der Waals surface area contributed by atoms with Gasteiger partial charge in [-0.3, -0.25) is 14.4 Å². The molecular formula is C17H19ClN4O. The van der Waals surface area contributed by atoms with Gasteiger partial charge in [0.2, 0.25) is 5.91 Å². The number of rotatable bonds is 3. The number of amides is 1. The van der Waals surface area contributed by atoms with E-state index in [1.807, 2.05) is 47.1 Å². The summed E-state index contributed by atoms with van der Waals surface area (Å²) in [5, 5.41) is 4.93. The predicted molar refractivity (Wildman–Crippen MR) is 89.5 cm³/mol. The number of benzene rings is 1. The van der Waals surface area contributed by atoms with E-state index in [2.05, 4.69) is 16.9 Å². The number of fused-ring (bicyclic) bond motifs is 2. The number of nitrogens with zero attached hydrogens (tertiary/aromatic N) is 4. The molecule has 0 aliphatic carbocycles. The molecule has 1 amide bonds. The highest BCUT2D eigenvalue weighted by Crippen LogP contribution is 2.39. The Labute approximate surface area is 140 Å². The fourth-order valence-corrected chi connectivity index (χ4v) is 3.95. The number of aromatic nitrogens is 2. The average molecular weight is 331 g/mol. The highest BCUT2D eigenvalue weighted by Gasteiger charge is 2.50. The smallest absolute Gasteiger partial charge is 0.244 e. The van der Waals surface area contributed by atoms with Crippen LogP contribution in [-0.4, -0.2) is 39.2 Å². The number of hydrogen-bond acceptors (Lipinski definition) is 3. The van der Waals surface area contributed by atoms with Gasteiger partial charge in [0.25, 0.3) is 0 Å². The Morgan fingerprint density at radius 1 is 1.35 bits per heavy atom. The van der Waals surface area contributed by atoms with Crippen molar-refractivity contribution >= 4 is 23.2 Å². The first-order valence-electron chi connectivity index (χ1n) is 7.85. The van der Waals surface area contributed by atoms with Crippen molar-refractivity contribution < 1.29 is 4.79 Å². The fraction of sp³-hybridized carbons (Fsp3) is 0.412. The number of likely N-dealkylation sites (tertiary alicyclic amines) is 1. The number of para-hydroxylation sites is 1. The van der Waals surface area contributed by atoms with Crippen molar-refractivity contribution in [1.29, 1.82) is 0 Å². The summed E-state index contributed by atoms with van der Waals surface area (Å²) in [7, 11) is 1.94. The molecule has 120 valence electrons. The number of hydrogen-bond donors (Lipinski definition) is 0. The second-order valence-electron chi connectivity index (χ2n) is 6.37. The molecule has 0 radical (unpaired) electrons. The van der Waals surface area contributed by atoms with Gasteiger partial charge in [0, 0.05) is 31.4 Å². The number of anilines is 1. The third-order valence-electron chi connectivity index (χ3n) is 5.09. The Morgan fingerprint density at radius 3 is 2.78 bits per heavy atom. The number of carbonyl (C=O) groups excluding carboxylic acids is 1. The minimum absolute atomic E-state index is 0.0455. The van der Waals surface area contributed by atoms with E-state index < -0.39 is 0 Å². The van der Waals surface area contributed by atoms with Crippen molar-refractivity contribution in [1.82, 2.24) is 14.7 Å². The molecule has 4 rings (SSSR count). The zero-order chi connectivity index (χ0) is 16.1. The van der Waals surface area contributed by atoms with Gasteiger partial charge in [-0.2, -0.15) is 5.10 Å². The topological polar surface area (TPSA) is 41.4 Å². The van der Waals surface area contributed by atoms with Gasteiger partial charge in [-0.1, -0.05) is 23.7 Å². The summed E-state index contributed by atoms with van der Waals surface area (Å²) in [6.45, 7) is 3.73. The molecule has 2 aliphatic heterocycles. The Hall–Kier alpha value is -1.85. The molecule has 2 saturated heterocycles. The molecule has 5 nitrogen and oxygen atoms in total. The molecule has 1 aromatic heterocycles. The highest BCUT2D eigenvalue weighted by atomic mass is 35.5. The Balaban J connectivity index is 1.55. The summed E-state index contributed by atoms with van der Waals surface area (Å²) in [4.78, 5) is 17.0. The van der Waals surface area contributed by atoms with Crippen LogP contribution < -0.4 is 4.90 Å². The molecule has 0 saturated carbocycles. The molecule has 2 aromatic rings. The van der Waals surface area contributed by atoms with Crippen LogP contribution in [-0.2, 0) is 18.4 Å². The number of aryl methyl sites for hydroxylation is 1. The predicted octanol–water partition coefficient (Wildman–Crippen LogP) is 2.37.